The van der Waals surface area contributed by atoms with Gasteiger partial charge in [0, 0.05) is 6.92 Å². The molecule has 0 bridgehead atoms. The van der Waals surface area contributed by atoms with Gasteiger partial charge in [-0.3, -0.25) is 0 Å². The number of imidazole rings is 1. The van der Waals surface area contributed by atoms with E-state index in [9.17, 15) is 8.42 Å². The van der Waals surface area contributed by atoms with Crippen LogP contribution in [0, 0.1) is 6.92 Å². The Morgan fingerprint density at radius 1 is 1.47 bits per heavy atom. The van der Waals surface area contributed by atoms with Gasteiger partial charge >= 0.3 is 6.01 Å². The number of nitrogens with one attached hydrogen (secondary N) is 2. The van der Waals surface area contributed by atoms with Crippen LogP contribution in [0.4, 0.5) is 6.01 Å². The van der Waals surface area contributed by atoms with E-state index in [0.29, 0.717) is 0 Å². The van der Waals surface area contributed by atoms with Crippen LogP contribution >= 0.6 is 0 Å². The molecule has 0 saturated heterocycles. The van der Waals surface area contributed by atoms with Crippen molar-refractivity contribution >= 4 is 16.0 Å². The van der Waals surface area contributed by atoms with Crippen molar-refractivity contribution in [2.75, 3.05) is 4.72 Å². The van der Waals surface area contributed by atoms with E-state index in [2.05, 4.69) is 24.9 Å². The highest BCUT2D eigenvalue weighted by Gasteiger charge is 2.18. The standard InChI is InChI=1S/C6H7N5O3S/c1-4-9-10-6(14-4)11-15(12,13)5-2-7-3-8-5/h2-3H,1H3,(H,7,8)(H,10,11). The topological polar surface area (TPSA) is 114 Å². The molecule has 2 aromatic rings. The van der Waals surface area contributed by atoms with Crippen molar-refractivity contribution in [3.8, 4) is 0 Å². The first-order chi connectivity index (χ1) is 7.08. The van der Waals surface area contributed by atoms with Crippen LogP contribution in [0.2, 0.25) is 0 Å². The predicted octanol–water partition coefficient (Wildman–Crippen LogP) is -0.0981. The quantitative estimate of drug-likeness (QED) is 0.759. The SMILES string of the molecule is Cc1nnc(NS(=O)(=O)c2cnc[nH]2)o1. The van der Waals surface area contributed by atoms with Crippen LogP contribution in [0.1, 0.15) is 5.89 Å². The van der Waals surface area contributed by atoms with Crippen LogP contribution in [-0.4, -0.2) is 28.6 Å². The van der Waals surface area contributed by atoms with Crippen molar-refractivity contribution in [2.24, 2.45) is 0 Å². The molecule has 2 aromatic heterocycles. The van der Waals surface area contributed by atoms with E-state index in [1.807, 2.05) is 0 Å². The maximum atomic E-state index is 11.6. The number of aryl methyl sites for hydroxylation is 1. The molecule has 0 aliphatic carbocycles. The molecule has 15 heavy (non-hydrogen) atoms. The molecule has 0 atom stereocenters. The maximum Gasteiger partial charge on any atom is 0.329 e. The zero-order valence-electron chi connectivity index (χ0n) is 7.63. The molecule has 0 amide bonds. The molecule has 0 radical (unpaired) electrons. The second kappa shape index (κ2) is 3.35. The van der Waals surface area contributed by atoms with Gasteiger partial charge in [-0.15, -0.1) is 5.10 Å². The molecular weight excluding hydrogens is 222 g/mol. The second-order valence-corrected chi connectivity index (χ2v) is 4.30. The number of hydrogen-bond acceptors (Lipinski definition) is 6. The van der Waals surface area contributed by atoms with Gasteiger partial charge < -0.3 is 9.40 Å². The number of nitrogens with zero attached hydrogens (tertiary/aromatic N) is 3. The molecule has 0 spiro atoms. The van der Waals surface area contributed by atoms with Crippen molar-refractivity contribution in [3.05, 3.63) is 18.4 Å². The third-order valence-electron chi connectivity index (χ3n) is 1.51. The van der Waals surface area contributed by atoms with Crippen LogP contribution in [0.15, 0.2) is 22.0 Å². The monoisotopic (exact) mass is 229 g/mol. The fraction of sp³-hybridized carbons (Fsp3) is 0.167. The molecule has 0 saturated carbocycles. The molecule has 0 aromatic carbocycles. The number of hydrogen-bond donors (Lipinski definition) is 2. The molecule has 80 valence electrons. The maximum absolute atomic E-state index is 11.6. The number of rotatable bonds is 3. The molecule has 2 heterocycles. The lowest BCUT2D eigenvalue weighted by atomic mass is 10.8. The average Bonchev–Trinajstić information content (AvgIpc) is 2.75. The van der Waals surface area contributed by atoms with Gasteiger partial charge in [0.15, 0.2) is 5.03 Å². The Bertz CT molecular complexity index is 543. The zero-order valence-corrected chi connectivity index (χ0v) is 8.45. The Labute approximate surface area is 84.8 Å². The lowest BCUT2D eigenvalue weighted by Crippen LogP contribution is -2.13. The van der Waals surface area contributed by atoms with Gasteiger partial charge in [-0.05, 0) is 0 Å². The van der Waals surface area contributed by atoms with Crippen molar-refractivity contribution in [1.82, 2.24) is 20.2 Å². The van der Waals surface area contributed by atoms with Crippen LogP contribution < -0.4 is 4.72 Å². The molecule has 0 aliphatic heterocycles. The van der Waals surface area contributed by atoms with Crippen LogP contribution in [0.3, 0.4) is 0 Å². The molecule has 8 nitrogen and oxygen atoms in total. The summed E-state index contributed by atoms with van der Waals surface area (Å²) in [5, 5.41) is 6.91. The minimum Gasteiger partial charge on any atom is -0.408 e. The Hall–Kier alpha value is -1.90. The number of H-pyrrole nitrogens is 1. The fourth-order valence-corrected chi connectivity index (χ4v) is 1.73. The summed E-state index contributed by atoms with van der Waals surface area (Å²) < 4.78 is 30.1. The summed E-state index contributed by atoms with van der Waals surface area (Å²) in [4.78, 5) is 6.05. The van der Waals surface area contributed by atoms with Crippen molar-refractivity contribution in [1.29, 1.82) is 0 Å². The first-order valence-corrected chi connectivity index (χ1v) is 5.37. The van der Waals surface area contributed by atoms with Gasteiger partial charge in [-0.25, -0.2) is 9.71 Å². The van der Waals surface area contributed by atoms with Crippen molar-refractivity contribution in [2.45, 2.75) is 11.9 Å². The molecule has 2 N–H and O–H groups in total. The summed E-state index contributed by atoms with van der Waals surface area (Å²) in [6.07, 6.45) is 2.43. The third kappa shape index (κ3) is 1.96. The molecular formula is C6H7N5O3S. The minimum absolute atomic E-state index is 0.0710. The smallest absolute Gasteiger partial charge is 0.329 e. The molecule has 0 unspecified atom stereocenters. The number of sulfonamides is 1. The van der Waals surface area contributed by atoms with Crippen LogP contribution in [0.25, 0.3) is 0 Å². The van der Waals surface area contributed by atoms with Gasteiger partial charge in [-0.2, -0.15) is 8.42 Å². The van der Waals surface area contributed by atoms with Gasteiger partial charge in [-0.1, -0.05) is 5.10 Å². The minimum atomic E-state index is -3.72. The molecule has 9 heteroatoms. The summed E-state index contributed by atoms with van der Waals surface area (Å²) in [5.74, 6) is 0.275. The Kier molecular flexibility index (Phi) is 2.15. The number of aromatic amines is 1. The van der Waals surface area contributed by atoms with Crippen LogP contribution in [-0.2, 0) is 10.0 Å². The predicted molar refractivity (Wildman–Crippen MR) is 48.4 cm³/mol. The van der Waals surface area contributed by atoms with E-state index < -0.39 is 10.0 Å². The summed E-state index contributed by atoms with van der Waals surface area (Å²) in [6, 6.07) is -0.179. The summed E-state index contributed by atoms with van der Waals surface area (Å²) >= 11 is 0. The van der Waals surface area contributed by atoms with Gasteiger partial charge in [0.05, 0.1) is 12.5 Å². The van der Waals surface area contributed by atoms with E-state index in [1.165, 1.54) is 12.5 Å². The second-order valence-electron chi connectivity index (χ2n) is 2.65. The summed E-state index contributed by atoms with van der Waals surface area (Å²) in [6.45, 7) is 1.56. The first-order valence-electron chi connectivity index (χ1n) is 3.89. The summed E-state index contributed by atoms with van der Waals surface area (Å²) in [5.41, 5.74) is 0. The zero-order chi connectivity index (χ0) is 10.9. The summed E-state index contributed by atoms with van der Waals surface area (Å²) in [7, 11) is -3.72. The lowest BCUT2D eigenvalue weighted by Gasteiger charge is -1.99. The molecule has 0 fully saturated rings. The highest BCUT2D eigenvalue weighted by Crippen LogP contribution is 2.11. The van der Waals surface area contributed by atoms with E-state index >= 15 is 0 Å². The third-order valence-corrected chi connectivity index (χ3v) is 2.76. The van der Waals surface area contributed by atoms with Gasteiger partial charge in [0.2, 0.25) is 5.89 Å². The fourth-order valence-electron chi connectivity index (χ4n) is 0.898. The van der Waals surface area contributed by atoms with Crippen molar-refractivity contribution in [3.63, 3.8) is 0 Å². The normalized spacial score (nSPS) is 11.5. The highest BCUT2D eigenvalue weighted by atomic mass is 32.2. The first kappa shape index (κ1) is 9.65. The van der Waals surface area contributed by atoms with E-state index in [0.717, 1.165) is 0 Å². The Balaban J connectivity index is 2.26. The van der Waals surface area contributed by atoms with Crippen LogP contribution in [0.5, 0.6) is 0 Å². The highest BCUT2D eigenvalue weighted by molar-refractivity contribution is 7.92. The van der Waals surface area contributed by atoms with E-state index in [-0.39, 0.29) is 16.9 Å². The number of anilines is 1. The molecule has 0 aliphatic rings. The lowest BCUT2D eigenvalue weighted by molar-refractivity contribution is 0.534. The van der Waals surface area contributed by atoms with E-state index in [4.69, 9.17) is 4.42 Å². The molecule has 2 rings (SSSR count). The van der Waals surface area contributed by atoms with Crippen molar-refractivity contribution < 1.29 is 12.8 Å². The Morgan fingerprint density at radius 2 is 2.27 bits per heavy atom. The number of aromatic nitrogens is 4. The van der Waals surface area contributed by atoms with Gasteiger partial charge in [0.1, 0.15) is 0 Å². The van der Waals surface area contributed by atoms with Gasteiger partial charge in [0.25, 0.3) is 10.0 Å². The largest absolute Gasteiger partial charge is 0.408 e. The average molecular weight is 229 g/mol. The van der Waals surface area contributed by atoms with E-state index in [1.54, 1.807) is 6.92 Å². The Morgan fingerprint density at radius 3 is 2.80 bits per heavy atom.